The molecule has 0 aromatic heterocycles. The van der Waals surface area contributed by atoms with Gasteiger partial charge >= 0.3 is 0 Å². The average Bonchev–Trinajstić information content (AvgIpc) is 2.29. The van der Waals surface area contributed by atoms with Crippen molar-refractivity contribution in [1.29, 1.82) is 0 Å². The van der Waals surface area contributed by atoms with Crippen molar-refractivity contribution in [3.05, 3.63) is 35.4 Å². The van der Waals surface area contributed by atoms with Gasteiger partial charge in [-0.2, -0.15) is 4.99 Å². The Morgan fingerprint density at radius 3 is 2.63 bits per heavy atom. The summed E-state index contributed by atoms with van der Waals surface area (Å²) in [5.41, 5.74) is 7.25. The highest BCUT2D eigenvalue weighted by molar-refractivity contribution is 6.19. The van der Waals surface area contributed by atoms with Gasteiger partial charge in [-0.05, 0) is 25.0 Å². The van der Waals surface area contributed by atoms with Gasteiger partial charge in [0.05, 0.1) is 0 Å². The van der Waals surface area contributed by atoms with Crippen molar-refractivity contribution in [2.75, 3.05) is 0 Å². The van der Waals surface area contributed by atoms with Crippen molar-refractivity contribution >= 4 is 17.6 Å². The lowest BCUT2D eigenvalue weighted by Crippen LogP contribution is -2.44. The number of benzene rings is 1. The van der Waals surface area contributed by atoms with E-state index in [4.69, 9.17) is 5.73 Å². The molecule has 0 bridgehead atoms. The van der Waals surface area contributed by atoms with Crippen LogP contribution in [0.4, 0.5) is 0 Å². The first-order chi connectivity index (χ1) is 8.99. The molecule has 1 aliphatic heterocycles. The van der Waals surface area contributed by atoms with Crippen LogP contribution >= 0.6 is 0 Å². The number of rotatable bonds is 3. The second-order valence-corrected chi connectivity index (χ2v) is 4.86. The molecule has 1 heterocycles. The van der Waals surface area contributed by atoms with Crippen LogP contribution in [-0.4, -0.2) is 23.7 Å². The molecule has 0 saturated carbocycles. The lowest BCUT2D eigenvalue weighted by atomic mass is 9.92. The fraction of sp³-hybridized carbons (Fsp3) is 0.357. The summed E-state index contributed by atoms with van der Waals surface area (Å²) in [6.07, 6.45) is 0.387. The summed E-state index contributed by atoms with van der Waals surface area (Å²) in [7, 11) is 0. The summed E-state index contributed by atoms with van der Waals surface area (Å²) >= 11 is 0. The maximum absolute atomic E-state index is 12.1. The Morgan fingerprint density at radius 1 is 1.37 bits per heavy atom. The normalized spacial score (nSPS) is 20.8. The average molecular weight is 259 g/mol. The second-order valence-electron chi connectivity index (χ2n) is 4.86. The highest BCUT2D eigenvalue weighted by atomic mass is 16.2. The topological polar surface area (TPSA) is 84.6 Å². The minimum Gasteiger partial charge on any atom is -0.328 e. The molecule has 1 aliphatic rings. The molecule has 0 radical (unpaired) electrons. The molecule has 1 aromatic rings. The van der Waals surface area contributed by atoms with Crippen LogP contribution in [0.2, 0.25) is 0 Å². The van der Waals surface area contributed by atoms with Crippen molar-refractivity contribution in [2.24, 2.45) is 10.7 Å². The summed E-state index contributed by atoms with van der Waals surface area (Å²) in [5, 5.41) is 2.66. The Morgan fingerprint density at radius 2 is 2.05 bits per heavy atom. The van der Waals surface area contributed by atoms with Gasteiger partial charge in [0.25, 0.3) is 5.91 Å². The van der Waals surface area contributed by atoms with Crippen LogP contribution in [0.15, 0.2) is 29.3 Å². The Labute approximate surface area is 111 Å². The molecule has 2 atom stereocenters. The first kappa shape index (κ1) is 13.4. The van der Waals surface area contributed by atoms with E-state index in [1.54, 1.807) is 13.0 Å². The van der Waals surface area contributed by atoms with E-state index in [0.29, 0.717) is 17.8 Å². The maximum Gasteiger partial charge on any atom is 0.264 e. The smallest absolute Gasteiger partial charge is 0.264 e. The first-order valence-corrected chi connectivity index (χ1v) is 6.22. The number of hydrogen-bond acceptors (Lipinski definition) is 3. The van der Waals surface area contributed by atoms with Crippen molar-refractivity contribution in [3.8, 4) is 0 Å². The zero-order chi connectivity index (χ0) is 14.0. The third kappa shape index (κ3) is 2.88. The fourth-order valence-corrected chi connectivity index (χ4v) is 2.14. The molecule has 1 aromatic carbocycles. The summed E-state index contributed by atoms with van der Waals surface area (Å²) < 4.78 is 0. The molecule has 5 heteroatoms. The monoisotopic (exact) mass is 259 g/mol. The van der Waals surface area contributed by atoms with E-state index in [1.807, 2.05) is 25.1 Å². The quantitative estimate of drug-likeness (QED) is 0.790. The molecular weight excluding hydrogens is 242 g/mol. The highest BCUT2D eigenvalue weighted by Crippen LogP contribution is 2.23. The van der Waals surface area contributed by atoms with Crippen LogP contribution in [0.3, 0.4) is 0 Å². The van der Waals surface area contributed by atoms with Crippen LogP contribution in [-0.2, 0) is 9.59 Å². The van der Waals surface area contributed by atoms with E-state index in [2.05, 4.69) is 10.3 Å². The number of nitrogens with one attached hydrogen (secondary N) is 1. The predicted molar refractivity (Wildman–Crippen MR) is 72.8 cm³/mol. The van der Waals surface area contributed by atoms with Crippen LogP contribution in [0, 0.1) is 6.92 Å². The van der Waals surface area contributed by atoms with Gasteiger partial charge in [-0.3, -0.25) is 9.59 Å². The molecule has 5 nitrogen and oxygen atoms in total. The molecule has 0 saturated heterocycles. The minimum atomic E-state index is -0.849. The van der Waals surface area contributed by atoms with Crippen LogP contribution < -0.4 is 11.1 Å². The van der Waals surface area contributed by atoms with Crippen LogP contribution in [0.25, 0.3) is 0 Å². The molecule has 2 rings (SSSR count). The van der Waals surface area contributed by atoms with Crippen molar-refractivity contribution in [3.63, 3.8) is 0 Å². The Kier molecular flexibility index (Phi) is 3.76. The number of carbonyl (C=O) groups is 2. The van der Waals surface area contributed by atoms with Crippen molar-refractivity contribution < 1.29 is 9.59 Å². The Balaban J connectivity index is 2.31. The molecule has 2 amide bonds. The van der Waals surface area contributed by atoms with Crippen LogP contribution in [0.5, 0.6) is 0 Å². The fourth-order valence-electron chi connectivity index (χ4n) is 2.14. The zero-order valence-electron chi connectivity index (χ0n) is 11.0. The molecule has 0 spiro atoms. The number of amidine groups is 1. The van der Waals surface area contributed by atoms with Gasteiger partial charge < -0.3 is 11.1 Å². The third-order valence-corrected chi connectivity index (χ3v) is 3.04. The molecule has 0 aliphatic carbocycles. The minimum absolute atomic E-state index is 0.151. The van der Waals surface area contributed by atoms with Crippen molar-refractivity contribution in [1.82, 2.24) is 5.32 Å². The summed E-state index contributed by atoms with van der Waals surface area (Å²) in [6.45, 7) is 3.67. The lowest BCUT2D eigenvalue weighted by molar-refractivity contribution is -0.129. The third-order valence-electron chi connectivity index (χ3n) is 3.04. The summed E-state index contributed by atoms with van der Waals surface area (Å²) in [4.78, 5) is 28.1. The number of amides is 2. The number of nitrogens with two attached hydrogens (primary N) is 1. The maximum atomic E-state index is 12.1. The van der Waals surface area contributed by atoms with Gasteiger partial charge in [-0.15, -0.1) is 0 Å². The van der Waals surface area contributed by atoms with E-state index in [1.165, 1.54) is 0 Å². The molecular formula is C14H17N3O2. The Hall–Kier alpha value is -2.01. The summed E-state index contributed by atoms with van der Waals surface area (Å²) in [5.74, 6) is -1.24. The van der Waals surface area contributed by atoms with Crippen molar-refractivity contribution in [2.45, 2.75) is 32.2 Å². The zero-order valence-corrected chi connectivity index (χ0v) is 11.0. The van der Waals surface area contributed by atoms with Gasteiger partial charge in [0.1, 0.15) is 11.8 Å². The number of aliphatic imine (C=N–C) groups is 1. The number of aryl methyl sites for hydroxylation is 1. The van der Waals surface area contributed by atoms with Gasteiger partial charge in [-0.25, -0.2) is 0 Å². The lowest BCUT2D eigenvalue weighted by Gasteiger charge is -2.22. The molecule has 100 valence electrons. The van der Waals surface area contributed by atoms with Gasteiger partial charge in [-0.1, -0.05) is 24.3 Å². The number of nitrogens with zero attached hydrogens (tertiary/aromatic N) is 1. The van der Waals surface area contributed by atoms with Gasteiger partial charge in [0.15, 0.2) is 0 Å². The largest absolute Gasteiger partial charge is 0.328 e. The van der Waals surface area contributed by atoms with E-state index in [-0.39, 0.29) is 11.9 Å². The van der Waals surface area contributed by atoms with E-state index >= 15 is 0 Å². The van der Waals surface area contributed by atoms with E-state index < -0.39 is 11.8 Å². The standard InChI is InChI=1S/C14H17N3O2/c1-8-5-3-4-6-10(8)12-13(18)16-11(7-9(2)15)17-14(12)19/h3-6,9,12H,7,15H2,1-2H3,(H,16,17,18,19). The predicted octanol–water partition coefficient (Wildman–Crippen LogP) is 0.871. The number of carbonyl (C=O) groups excluding carboxylic acids is 2. The van der Waals surface area contributed by atoms with Crippen LogP contribution in [0.1, 0.15) is 30.4 Å². The Bertz CT molecular complexity index is 549. The van der Waals surface area contributed by atoms with E-state index in [0.717, 1.165) is 5.56 Å². The van der Waals surface area contributed by atoms with Gasteiger partial charge in [0, 0.05) is 12.5 Å². The van der Waals surface area contributed by atoms with E-state index in [9.17, 15) is 9.59 Å². The SMILES string of the molecule is Cc1ccccc1C1C(=O)N=C(CC(C)N)NC1=O. The molecule has 2 unspecified atom stereocenters. The molecule has 0 fully saturated rings. The highest BCUT2D eigenvalue weighted by Gasteiger charge is 2.34. The molecule has 3 N–H and O–H groups in total. The number of hydrogen-bond donors (Lipinski definition) is 2. The first-order valence-electron chi connectivity index (χ1n) is 6.22. The summed E-state index contributed by atoms with van der Waals surface area (Å²) in [6, 6.07) is 7.18. The molecule has 19 heavy (non-hydrogen) atoms. The second kappa shape index (κ2) is 5.32. The van der Waals surface area contributed by atoms with Gasteiger partial charge in [0.2, 0.25) is 5.91 Å².